The van der Waals surface area contributed by atoms with Crippen LogP contribution in [0.2, 0.25) is 0 Å². The van der Waals surface area contributed by atoms with Crippen LogP contribution in [0.3, 0.4) is 0 Å². The van der Waals surface area contributed by atoms with Gasteiger partial charge in [0.15, 0.2) is 14.7 Å². The maximum atomic E-state index is 11.6. The Morgan fingerprint density at radius 3 is 1.65 bits per heavy atom. The molecule has 0 saturated heterocycles. The Bertz CT molecular complexity index is 652. The van der Waals surface area contributed by atoms with Gasteiger partial charge in [0.05, 0.1) is 19.8 Å². The molecule has 0 heterocycles. The van der Waals surface area contributed by atoms with Crippen molar-refractivity contribution in [2.45, 2.75) is 0 Å². The third-order valence-corrected chi connectivity index (χ3v) is 5.14. The van der Waals surface area contributed by atoms with Gasteiger partial charge in [-0.15, -0.1) is 0 Å². The molecule has 0 aliphatic heterocycles. The zero-order chi connectivity index (χ0) is 16.1. The Hall–Kier alpha value is -0.000000000000000111. The van der Waals surface area contributed by atoms with E-state index in [1.54, 1.807) is 0 Å². The Kier molecular flexibility index (Phi) is 8.44. The lowest BCUT2D eigenvalue weighted by molar-refractivity contribution is 0.608. The first-order valence-corrected chi connectivity index (χ1v) is 8.81. The van der Waals surface area contributed by atoms with Crippen LogP contribution in [0.4, 0.5) is 0 Å². The second kappa shape index (κ2) is 8.44. The minimum Gasteiger partial charge on any atom is -0.223 e. The maximum Gasteiger partial charge on any atom is 0.186 e. The number of nitrogens with zero attached hydrogens (tertiary/aromatic N) is 1. The van der Waals surface area contributed by atoms with E-state index in [-0.39, 0.29) is 25.4 Å². The van der Waals surface area contributed by atoms with Crippen LogP contribution in [0.25, 0.3) is 0 Å². The monoisotopic (exact) mass is 407 g/mol. The summed E-state index contributed by atoms with van der Waals surface area (Å²) >= 11 is 32.3. The summed E-state index contributed by atoms with van der Waals surface area (Å²) in [5.41, 5.74) is 1.55. The van der Waals surface area contributed by atoms with Gasteiger partial charge in [-0.3, -0.25) is 0 Å². The Morgan fingerprint density at radius 2 is 1.45 bits per heavy atom. The number of nitriles is 1. The molecule has 0 bridgehead atoms. The standard InChI is InChI=1S/C10H5Cl4NO2S3/c1-20(16,17)7(4-15)8(9(18)5(13)2-11)10(19)6(14)3-12/h2-3H,1H3. The molecule has 0 aliphatic carbocycles. The summed E-state index contributed by atoms with van der Waals surface area (Å²) in [4.78, 5) is -1.10. The van der Waals surface area contributed by atoms with E-state index >= 15 is 0 Å². The quantitative estimate of drug-likeness (QED) is 0.387. The highest BCUT2D eigenvalue weighted by Gasteiger charge is 2.26. The molecule has 0 fully saturated rings. The summed E-state index contributed by atoms with van der Waals surface area (Å²) in [6.45, 7) is 0. The second-order valence-corrected chi connectivity index (χ2v) is 7.18. The van der Waals surface area contributed by atoms with Gasteiger partial charge in [-0.05, 0) is 0 Å². The van der Waals surface area contributed by atoms with Crippen molar-refractivity contribution < 1.29 is 8.42 Å². The highest BCUT2D eigenvalue weighted by Crippen LogP contribution is 2.25. The summed E-state index contributed by atoms with van der Waals surface area (Å²) in [6.07, 6.45) is 0.827. The van der Waals surface area contributed by atoms with Gasteiger partial charge < -0.3 is 0 Å². The molecule has 0 unspecified atom stereocenters. The van der Waals surface area contributed by atoms with E-state index in [0.717, 1.165) is 17.3 Å². The summed E-state index contributed by atoms with van der Waals surface area (Å²) in [5.74, 6) is 0. The third kappa shape index (κ3) is 5.08. The Labute approximate surface area is 147 Å². The normalized spacial score (nSPS) is 12.6. The van der Waals surface area contributed by atoms with Crippen molar-refractivity contribution in [1.82, 2.24) is 0 Å². The highest BCUT2D eigenvalue weighted by molar-refractivity contribution is 7.95. The lowest BCUT2D eigenvalue weighted by atomic mass is 10.1. The summed E-state index contributed by atoms with van der Waals surface area (Å²) in [5, 5.41) is 8.73. The van der Waals surface area contributed by atoms with Crippen molar-refractivity contribution in [1.29, 1.82) is 5.26 Å². The minimum absolute atomic E-state index is 0.158. The number of rotatable bonds is 5. The van der Waals surface area contributed by atoms with Crippen LogP contribution in [0.15, 0.2) is 31.6 Å². The number of hydrogen-bond donors (Lipinski definition) is 0. The Balaban J connectivity index is 6.56. The van der Waals surface area contributed by atoms with Gasteiger partial charge >= 0.3 is 0 Å². The predicted molar refractivity (Wildman–Crippen MR) is 92.3 cm³/mol. The first-order chi connectivity index (χ1) is 9.11. The number of hydrogen-bond acceptors (Lipinski definition) is 5. The highest BCUT2D eigenvalue weighted by atomic mass is 35.5. The zero-order valence-corrected chi connectivity index (χ0v) is 15.1. The Morgan fingerprint density at radius 1 is 1.10 bits per heavy atom. The van der Waals surface area contributed by atoms with E-state index in [4.69, 9.17) is 76.1 Å². The average Bonchev–Trinajstić information content (AvgIpc) is 2.39. The molecular weight excluding hydrogens is 404 g/mol. The van der Waals surface area contributed by atoms with E-state index in [1.807, 2.05) is 0 Å². The average molecular weight is 409 g/mol. The molecule has 10 heteroatoms. The number of allylic oxidation sites excluding steroid dienone is 4. The topological polar surface area (TPSA) is 57.9 Å². The molecule has 0 radical (unpaired) electrons. The molecule has 0 atom stereocenters. The van der Waals surface area contributed by atoms with E-state index < -0.39 is 14.7 Å². The fraction of sp³-hybridized carbons (Fsp3) is 0.100. The molecule has 0 aliphatic rings. The number of halogens is 4. The summed E-state index contributed by atoms with van der Waals surface area (Å²) in [6, 6.07) is 1.52. The van der Waals surface area contributed by atoms with E-state index in [9.17, 15) is 8.42 Å². The van der Waals surface area contributed by atoms with Gasteiger partial charge in [-0.2, -0.15) is 5.26 Å². The van der Waals surface area contributed by atoms with Crippen molar-refractivity contribution in [3.05, 3.63) is 31.6 Å². The van der Waals surface area contributed by atoms with Crippen LogP contribution in [0.1, 0.15) is 0 Å². The molecule has 0 aromatic rings. The van der Waals surface area contributed by atoms with Crippen LogP contribution >= 0.6 is 70.8 Å². The molecule has 3 nitrogen and oxygen atoms in total. The van der Waals surface area contributed by atoms with Crippen LogP contribution in [-0.2, 0) is 9.84 Å². The van der Waals surface area contributed by atoms with Gasteiger partial charge in [-0.1, -0.05) is 70.8 Å². The van der Waals surface area contributed by atoms with Crippen molar-refractivity contribution >= 4 is 90.4 Å². The fourth-order valence-electron chi connectivity index (χ4n) is 0.971. The molecule has 0 saturated carbocycles. The first-order valence-electron chi connectivity index (χ1n) is 4.47. The van der Waals surface area contributed by atoms with Crippen LogP contribution in [-0.4, -0.2) is 24.4 Å². The minimum atomic E-state index is -3.90. The summed E-state index contributed by atoms with van der Waals surface area (Å²) in [7, 11) is -3.90. The van der Waals surface area contributed by atoms with E-state index in [2.05, 4.69) is 0 Å². The van der Waals surface area contributed by atoms with Crippen LogP contribution in [0, 0.1) is 11.3 Å². The van der Waals surface area contributed by atoms with Gasteiger partial charge in [0, 0.05) is 22.9 Å². The van der Waals surface area contributed by atoms with Gasteiger partial charge in [-0.25, -0.2) is 8.42 Å². The molecular formula is C10H5Cl4NO2S3. The molecule has 20 heavy (non-hydrogen) atoms. The molecule has 0 amide bonds. The maximum absolute atomic E-state index is 11.6. The molecule has 0 aromatic heterocycles. The molecule has 108 valence electrons. The molecule has 0 rings (SSSR count). The van der Waals surface area contributed by atoms with Crippen LogP contribution in [0.5, 0.6) is 0 Å². The number of sulfone groups is 1. The fourth-order valence-corrected chi connectivity index (χ4v) is 2.97. The predicted octanol–water partition coefficient (Wildman–Crippen LogP) is 4.19. The lowest BCUT2D eigenvalue weighted by Crippen LogP contribution is -2.16. The lowest BCUT2D eigenvalue weighted by Gasteiger charge is -2.11. The smallest absolute Gasteiger partial charge is 0.186 e. The summed E-state index contributed by atoms with van der Waals surface area (Å²) < 4.78 is 23.3. The molecule has 0 spiro atoms. The van der Waals surface area contributed by atoms with Crippen molar-refractivity contribution in [3.8, 4) is 6.07 Å². The zero-order valence-electron chi connectivity index (χ0n) is 9.66. The van der Waals surface area contributed by atoms with Crippen molar-refractivity contribution in [3.63, 3.8) is 0 Å². The largest absolute Gasteiger partial charge is 0.223 e. The van der Waals surface area contributed by atoms with Gasteiger partial charge in [0.2, 0.25) is 0 Å². The SMILES string of the molecule is CS(=O)(=O)C(C#N)=C(C(=S)C(Cl)=CCl)C(=S)C(Cl)=CCl. The van der Waals surface area contributed by atoms with Crippen molar-refractivity contribution in [2.75, 3.05) is 6.26 Å². The molecule has 0 N–H and O–H groups in total. The second-order valence-electron chi connectivity index (χ2n) is 3.16. The van der Waals surface area contributed by atoms with Gasteiger partial charge in [0.25, 0.3) is 0 Å². The van der Waals surface area contributed by atoms with E-state index in [0.29, 0.717) is 0 Å². The van der Waals surface area contributed by atoms with Gasteiger partial charge in [0.1, 0.15) is 6.07 Å². The number of thiocarbonyl (C=S) groups is 2. The molecule has 0 aromatic carbocycles. The third-order valence-electron chi connectivity index (χ3n) is 1.78. The first kappa shape index (κ1) is 20.0. The van der Waals surface area contributed by atoms with Crippen molar-refractivity contribution in [2.24, 2.45) is 0 Å². The van der Waals surface area contributed by atoms with E-state index in [1.165, 1.54) is 6.07 Å². The van der Waals surface area contributed by atoms with Crippen LogP contribution < -0.4 is 0 Å².